The molecule has 7 heteroatoms. The molecule has 7 nitrogen and oxygen atoms in total. The fourth-order valence-electron chi connectivity index (χ4n) is 3.04. The molecule has 1 aliphatic carbocycles. The van der Waals surface area contributed by atoms with Crippen LogP contribution in [-0.4, -0.2) is 34.2 Å². The average molecular weight is 294 g/mol. The summed E-state index contributed by atoms with van der Waals surface area (Å²) >= 11 is 0. The molecule has 116 valence electrons. The zero-order valence-corrected chi connectivity index (χ0v) is 12.4. The lowest BCUT2D eigenvalue weighted by atomic mass is 9.77. The van der Waals surface area contributed by atoms with Gasteiger partial charge in [0.25, 0.3) is 0 Å². The highest BCUT2D eigenvalue weighted by Crippen LogP contribution is 2.36. The number of nitrogens with one attached hydrogen (secondary N) is 2. The molecule has 0 aliphatic heterocycles. The van der Waals surface area contributed by atoms with Gasteiger partial charge in [0.15, 0.2) is 0 Å². The number of hydrogen-bond acceptors (Lipinski definition) is 6. The highest BCUT2D eigenvalue weighted by molar-refractivity contribution is 5.61. The third-order valence-electron chi connectivity index (χ3n) is 4.10. The molecule has 1 fully saturated rings. The number of nitrogens with zero attached hydrogens (tertiary/aromatic N) is 2. The van der Waals surface area contributed by atoms with Gasteiger partial charge in [-0.3, -0.25) is 10.1 Å². The Morgan fingerprint density at radius 3 is 2.90 bits per heavy atom. The maximum Gasteiger partial charge on any atom is 0.311 e. The third kappa shape index (κ3) is 3.41. The van der Waals surface area contributed by atoms with Crippen molar-refractivity contribution in [1.82, 2.24) is 4.98 Å². The van der Waals surface area contributed by atoms with Gasteiger partial charge in [0.2, 0.25) is 5.82 Å². The molecule has 3 N–H and O–H groups in total. The quantitative estimate of drug-likeness (QED) is 0.569. The van der Waals surface area contributed by atoms with Crippen LogP contribution in [0.2, 0.25) is 0 Å². The van der Waals surface area contributed by atoms with Gasteiger partial charge in [-0.25, -0.2) is 4.98 Å². The molecule has 21 heavy (non-hydrogen) atoms. The first-order valence-corrected chi connectivity index (χ1v) is 7.22. The number of anilines is 2. The van der Waals surface area contributed by atoms with Crippen molar-refractivity contribution in [2.45, 2.75) is 38.1 Å². The molecule has 0 radical (unpaired) electrons. The molecule has 1 heterocycles. The van der Waals surface area contributed by atoms with Gasteiger partial charge in [0, 0.05) is 13.1 Å². The van der Waals surface area contributed by atoms with Crippen molar-refractivity contribution in [2.24, 2.45) is 5.92 Å². The molecule has 2 rings (SSSR count). The first kappa shape index (κ1) is 15.5. The van der Waals surface area contributed by atoms with Gasteiger partial charge in [-0.2, -0.15) is 0 Å². The van der Waals surface area contributed by atoms with Crippen molar-refractivity contribution in [3.05, 3.63) is 22.2 Å². The Kier molecular flexibility index (Phi) is 4.62. The van der Waals surface area contributed by atoms with Crippen LogP contribution in [0.4, 0.5) is 17.3 Å². The van der Waals surface area contributed by atoms with Crippen molar-refractivity contribution in [1.29, 1.82) is 0 Å². The number of nitro groups is 1. The van der Waals surface area contributed by atoms with Crippen LogP contribution < -0.4 is 10.6 Å². The van der Waals surface area contributed by atoms with E-state index in [-0.39, 0.29) is 18.1 Å². The van der Waals surface area contributed by atoms with Gasteiger partial charge in [0.05, 0.1) is 17.1 Å². The molecule has 2 atom stereocenters. The Bertz CT molecular complexity index is 523. The average Bonchev–Trinajstić information content (AvgIpc) is 2.46. The molecule has 2 unspecified atom stereocenters. The van der Waals surface area contributed by atoms with Crippen LogP contribution in [-0.2, 0) is 0 Å². The highest BCUT2D eigenvalue weighted by Gasteiger charge is 2.36. The largest absolute Gasteiger partial charge is 0.394 e. The van der Waals surface area contributed by atoms with Crippen LogP contribution in [0, 0.1) is 16.0 Å². The van der Waals surface area contributed by atoms with Crippen molar-refractivity contribution in [3.63, 3.8) is 0 Å². The highest BCUT2D eigenvalue weighted by atomic mass is 16.6. The Labute approximate surface area is 123 Å². The zero-order valence-electron chi connectivity index (χ0n) is 12.4. The Balaban J connectivity index is 2.33. The van der Waals surface area contributed by atoms with E-state index in [0.29, 0.717) is 11.7 Å². The third-order valence-corrected chi connectivity index (χ3v) is 4.10. The number of rotatable bonds is 5. The maximum atomic E-state index is 11.2. The Morgan fingerprint density at radius 1 is 1.57 bits per heavy atom. The summed E-state index contributed by atoms with van der Waals surface area (Å²) in [5.74, 6) is 1.25. The smallest absolute Gasteiger partial charge is 0.311 e. The lowest BCUT2D eigenvalue weighted by molar-refractivity contribution is -0.384. The first-order valence-electron chi connectivity index (χ1n) is 7.22. The Hall–Kier alpha value is -1.89. The summed E-state index contributed by atoms with van der Waals surface area (Å²) in [5, 5.41) is 27.0. The number of aromatic nitrogens is 1. The monoisotopic (exact) mass is 294 g/mol. The molecule has 0 aromatic carbocycles. The van der Waals surface area contributed by atoms with Crippen molar-refractivity contribution < 1.29 is 10.0 Å². The van der Waals surface area contributed by atoms with E-state index >= 15 is 0 Å². The summed E-state index contributed by atoms with van der Waals surface area (Å²) in [5.41, 5.74) is -0.595. The van der Waals surface area contributed by atoms with E-state index in [1.165, 1.54) is 6.07 Å². The predicted molar refractivity (Wildman–Crippen MR) is 81.5 cm³/mol. The fraction of sp³-hybridized carbons (Fsp3) is 0.643. The van der Waals surface area contributed by atoms with E-state index in [1.54, 1.807) is 13.1 Å². The van der Waals surface area contributed by atoms with Gasteiger partial charge in [-0.15, -0.1) is 0 Å². The second-order valence-corrected chi connectivity index (χ2v) is 5.84. The molecule has 0 spiro atoms. The zero-order chi connectivity index (χ0) is 15.5. The molecule has 1 aliphatic rings. The minimum absolute atomic E-state index is 0.0556. The minimum atomic E-state index is -0.526. The summed E-state index contributed by atoms with van der Waals surface area (Å²) in [6.45, 7) is 2.08. The second-order valence-electron chi connectivity index (χ2n) is 5.84. The number of hydrogen-bond donors (Lipinski definition) is 3. The molecular formula is C14H22N4O3. The lowest BCUT2D eigenvalue weighted by Gasteiger charge is -2.39. The summed E-state index contributed by atoms with van der Waals surface area (Å²) in [6.07, 6.45) is 3.69. The topological polar surface area (TPSA) is 100 Å². The summed E-state index contributed by atoms with van der Waals surface area (Å²) in [7, 11) is 1.71. The SMILES string of the molecule is CNc1ccc([N+](=O)[O-])c(NC2(CO)CCCC(C)C2)n1. The minimum Gasteiger partial charge on any atom is -0.394 e. The van der Waals surface area contributed by atoms with Gasteiger partial charge >= 0.3 is 5.69 Å². The van der Waals surface area contributed by atoms with Crippen LogP contribution in [0.25, 0.3) is 0 Å². The lowest BCUT2D eigenvalue weighted by Crippen LogP contribution is -2.46. The molecule has 1 aromatic heterocycles. The van der Waals surface area contributed by atoms with Crippen LogP contribution in [0.5, 0.6) is 0 Å². The van der Waals surface area contributed by atoms with E-state index in [4.69, 9.17) is 0 Å². The fourth-order valence-corrected chi connectivity index (χ4v) is 3.04. The van der Waals surface area contributed by atoms with Gasteiger partial charge in [-0.05, 0) is 24.8 Å². The maximum absolute atomic E-state index is 11.2. The van der Waals surface area contributed by atoms with E-state index in [2.05, 4.69) is 22.5 Å². The molecule has 1 saturated carbocycles. The summed E-state index contributed by atoms with van der Waals surface area (Å²) in [6, 6.07) is 3.00. The van der Waals surface area contributed by atoms with Crippen LogP contribution in [0.3, 0.4) is 0 Å². The molecule has 0 amide bonds. The van der Waals surface area contributed by atoms with E-state index in [9.17, 15) is 15.2 Å². The number of aliphatic hydroxyl groups excluding tert-OH is 1. The van der Waals surface area contributed by atoms with E-state index in [0.717, 1.165) is 25.7 Å². The molecule has 1 aromatic rings. The molecular weight excluding hydrogens is 272 g/mol. The van der Waals surface area contributed by atoms with Crippen LogP contribution >= 0.6 is 0 Å². The van der Waals surface area contributed by atoms with Crippen molar-refractivity contribution in [3.8, 4) is 0 Å². The first-order chi connectivity index (χ1) is 9.99. The summed E-state index contributed by atoms with van der Waals surface area (Å²) < 4.78 is 0. The summed E-state index contributed by atoms with van der Waals surface area (Å²) in [4.78, 5) is 15.0. The molecule has 0 bridgehead atoms. The second kappa shape index (κ2) is 6.26. The van der Waals surface area contributed by atoms with Gasteiger partial charge in [0.1, 0.15) is 5.82 Å². The van der Waals surface area contributed by atoms with E-state index < -0.39 is 10.5 Å². The number of aliphatic hydroxyl groups is 1. The van der Waals surface area contributed by atoms with Gasteiger partial charge < -0.3 is 15.7 Å². The van der Waals surface area contributed by atoms with Crippen LogP contribution in [0.1, 0.15) is 32.6 Å². The van der Waals surface area contributed by atoms with E-state index in [1.807, 2.05) is 0 Å². The molecule has 0 saturated heterocycles. The van der Waals surface area contributed by atoms with Gasteiger partial charge in [-0.1, -0.05) is 19.8 Å². The van der Waals surface area contributed by atoms with Crippen molar-refractivity contribution >= 4 is 17.3 Å². The number of pyridine rings is 1. The predicted octanol–water partition coefficient (Wildman–Crippen LogP) is 2.38. The van der Waals surface area contributed by atoms with Crippen molar-refractivity contribution in [2.75, 3.05) is 24.3 Å². The standard InChI is InChI=1S/C14H22N4O3/c1-10-4-3-7-14(8-10,9-19)17-13-11(18(20)21)5-6-12(15-2)16-13/h5-6,10,19H,3-4,7-9H2,1-2H3,(H2,15,16,17). The normalized spacial score (nSPS) is 25.4. The Morgan fingerprint density at radius 2 is 2.33 bits per heavy atom. The van der Waals surface area contributed by atoms with Crippen LogP contribution in [0.15, 0.2) is 12.1 Å².